The first-order valence-electron chi connectivity index (χ1n) is 3.82. The number of thiophene rings is 1. The predicted molar refractivity (Wildman–Crippen MR) is 53.8 cm³/mol. The van der Waals surface area contributed by atoms with Crippen LogP contribution in [0.4, 0.5) is 5.69 Å². The molecule has 0 spiro atoms. The average molecular weight is 195 g/mol. The molecule has 0 saturated carbocycles. The summed E-state index contributed by atoms with van der Waals surface area (Å²) in [5, 5.41) is 21.1. The number of rotatable bonds is 1. The fourth-order valence-corrected chi connectivity index (χ4v) is 2.30. The van der Waals surface area contributed by atoms with Crippen molar-refractivity contribution in [3.05, 3.63) is 23.1 Å². The second-order valence-corrected chi connectivity index (χ2v) is 3.67. The SMILES string of the molecule is Nc1c(O)ccc2c(CO)csc12. The Kier molecular flexibility index (Phi) is 1.86. The van der Waals surface area contributed by atoms with Crippen molar-refractivity contribution in [3.63, 3.8) is 0 Å². The molecule has 0 fully saturated rings. The Morgan fingerprint density at radius 1 is 1.38 bits per heavy atom. The average Bonchev–Trinajstić information content (AvgIpc) is 2.55. The first-order valence-corrected chi connectivity index (χ1v) is 4.70. The van der Waals surface area contributed by atoms with E-state index in [4.69, 9.17) is 10.8 Å². The minimum Gasteiger partial charge on any atom is -0.506 e. The van der Waals surface area contributed by atoms with Crippen LogP contribution in [0.1, 0.15) is 5.56 Å². The number of aromatic hydroxyl groups is 1. The zero-order chi connectivity index (χ0) is 9.42. The van der Waals surface area contributed by atoms with Crippen LogP contribution in [-0.2, 0) is 6.61 Å². The lowest BCUT2D eigenvalue weighted by atomic mass is 10.1. The third-order valence-corrected chi connectivity index (χ3v) is 3.09. The van der Waals surface area contributed by atoms with Gasteiger partial charge in [-0.3, -0.25) is 0 Å². The maximum absolute atomic E-state index is 9.32. The number of aliphatic hydroxyl groups is 1. The molecule has 0 amide bonds. The molecule has 0 radical (unpaired) electrons. The second kappa shape index (κ2) is 2.90. The molecule has 1 aromatic carbocycles. The van der Waals surface area contributed by atoms with Gasteiger partial charge < -0.3 is 15.9 Å². The maximum atomic E-state index is 9.32. The highest BCUT2D eigenvalue weighted by molar-refractivity contribution is 7.18. The van der Waals surface area contributed by atoms with Gasteiger partial charge in [-0.1, -0.05) is 0 Å². The normalized spacial score (nSPS) is 10.8. The number of fused-ring (bicyclic) bond motifs is 1. The van der Waals surface area contributed by atoms with Gasteiger partial charge in [0, 0.05) is 5.39 Å². The van der Waals surface area contributed by atoms with Crippen LogP contribution in [-0.4, -0.2) is 10.2 Å². The Labute approximate surface area is 79.0 Å². The Hall–Kier alpha value is -1.26. The zero-order valence-electron chi connectivity index (χ0n) is 6.82. The summed E-state index contributed by atoms with van der Waals surface area (Å²) >= 11 is 1.43. The number of nitrogen functional groups attached to an aromatic ring is 1. The van der Waals surface area contributed by atoms with E-state index in [1.165, 1.54) is 11.3 Å². The lowest BCUT2D eigenvalue weighted by Crippen LogP contribution is -1.86. The summed E-state index contributed by atoms with van der Waals surface area (Å²) in [5.41, 5.74) is 6.91. The molecule has 13 heavy (non-hydrogen) atoms. The Morgan fingerprint density at radius 3 is 2.85 bits per heavy atom. The molecule has 0 unspecified atom stereocenters. The molecule has 2 aromatic rings. The molecule has 1 aromatic heterocycles. The molecular weight excluding hydrogens is 186 g/mol. The molecule has 0 bridgehead atoms. The number of benzene rings is 1. The third kappa shape index (κ3) is 1.15. The van der Waals surface area contributed by atoms with Crippen LogP contribution in [0, 0.1) is 0 Å². The number of hydrogen-bond acceptors (Lipinski definition) is 4. The van der Waals surface area contributed by atoms with E-state index in [9.17, 15) is 5.11 Å². The Bertz CT molecular complexity index is 450. The highest BCUT2D eigenvalue weighted by Gasteiger charge is 2.08. The van der Waals surface area contributed by atoms with Crippen LogP contribution in [0.2, 0.25) is 0 Å². The summed E-state index contributed by atoms with van der Waals surface area (Å²) in [4.78, 5) is 0. The molecule has 0 saturated heterocycles. The van der Waals surface area contributed by atoms with Crippen molar-refractivity contribution >= 4 is 27.1 Å². The topological polar surface area (TPSA) is 66.5 Å². The van der Waals surface area contributed by atoms with E-state index in [0.717, 1.165) is 15.6 Å². The van der Waals surface area contributed by atoms with Crippen molar-refractivity contribution in [1.29, 1.82) is 0 Å². The van der Waals surface area contributed by atoms with Crippen LogP contribution < -0.4 is 5.73 Å². The Balaban J connectivity index is 2.81. The molecule has 0 aliphatic carbocycles. The first-order chi connectivity index (χ1) is 6.24. The Morgan fingerprint density at radius 2 is 2.15 bits per heavy atom. The summed E-state index contributed by atoms with van der Waals surface area (Å²) in [6.45, 7) is 0.00418. The quantitative estimate of drug-likeness (QED) is 0.479. The highest BCUT2D eigenvalue weighted by atomic mass is 32.1. The molecule has 0 atom stereocenters. The summed E-state index contributed by atoms with van der Waals surface area (Å²) in [5.74, 6) is 0.0961. The van der Waals surface area contributed by atoms with E-state index in [2.05, 4.69) is 0 Å². The number of phenolic OH excluding ortho intramolecular Hbond substituents is 1. The molecular formula is C9H9NO2S. The smallest absolute Gasteiger partial charge is 0.139 e. The van der Waals surface area contributed by atoms with Gasteiger partial charge in [-0.05, 0) is 23.1 Å². The first kappa shape index (κ1) is 8.34. The minimum atomic E-state index is 0.00418. The van der Waals surface area contributed by atoms with Crippen LogP contribution in [0.25, 0.3) is 10.1 Å². The fraction of sp³-hybridized carbons (Fsp3) is 0.111. The lowest BCUT2D eigenvalue weighted by Gasteiger charge is -1.99. The standard InChI is InChI=1S/C9H9NO2S/c10-8-7(12)2-1-6-5(3-11)4-13-9(6)8/h1-2,4,11-12H,3,10H2. The van der Waals surface area contributed by atoms with Crippen molar-refractivity contribution in [1.82, 2.24) is 0 Å². The van der Waals surface area contributed by atoms with Gasteiger partial charge in [0.15, 0.2) is 0 Å². The highest BCUT2D eigenvalue weighted by Crippen LogP contribution is 2.35. The van der Waals surface area contributed by atoms with E-state index in [1.54, 1.807) is 12.1 Å². The zero-order valence-corrected chi connectivity index (χ0v) is 7.64. The predicted octanol–water partition coefficient (Wildman–Crippen LogP) is 1.68. The van der Waals surface area contributed by atoms with Gasteiger partial charge in [0.05, 0.1) is 17.0 Å². The van der Waals surface area contributed by atoms with E-state index < -0.39 is 0 Å². The number of phenols is 1. The number of hydrogen-bond donors (Lipinski definition) is 3. The van der Waals surface area contributed by atoms with E-state index >= 15 is 0 Å². The number of nitrogens with two attached hydrogens (primary N) is 1. The lowest BCUT2D eigenvalue weighted by molar-refractivity contribution is 0.284. The summed E-state index contributed by atoms with van der Waals surface area (Å²) in [6, 6.07) is 3.31. The van der Waals surface area contributed by atoms with Gasteiger partial charge in [-0.2, -0.15) is 0 Å². The van der Waals surface area contributed by atoms with Gasteiger partial charge in [0.25, 0.3) is 0 Å². The van der Waals surface area contributed by atoms with Crippen molar-refractivity contribution in [2.24, 2.45) is 0 Å². The second-order valence-electron chi connectivity index (χ2n) is 2.79. The van der Waals surface area contributed by atoms with E-state index in [1.807, 2.05) is 5.38 Å². The summed E-state index contributed by atoms with van der Waals surface area (Å²) in [7, 11) is 0. The molecule has 2 rings (SSSR count). The van der Waals surface area contributed by atoms with Crippen LogP contribution >= 0.6 is 11.3 Å². The third-order valence-electron chi connectivity index (χ3n) is 2.01. The van der Waals surface area contributed by atoms with Crippen molar-refractivity contribution in [3.8, 4) is 5.75 Å². The van der Waals surface area contributed by atoms with Gasteiger partial charge in [0.1, 0.15) is 5.75 Å². The molecule has 68 valence electrons. The number of anilines is 1. The van der Waals surface area contributed by atoms with Gasteiger partial charge in [-0.25, -0.2) is 0 Å². The molecule has 3 nitrogen and oxygen atoms in total. The molecule has 4 heteroatoms. The monoisotopic (exact) mass is 195 g/mol. The molecule has 0 aliphatic rings. The maximum Gasteiger partial charge on any atom is 0.139 e. The summed E-state index contributed by atoms with van der Waals surface area (Å²) < 4.78 is 0.837. The van der Waals surface area contributed by atoms with E-state index in [-0.39, 0.29) is 12.4 Å². The van der Waals surface area contributed by atoms with Crippen LogP contribution in [0.3, 0.4) is 0 Å². The van der Waals surface area contributed by atoms with Gasteiger partial charge in [-0.15, -0.1) is 11.3 Å². The molecule has 0 aliphatic heterocycles. The van der Waals surface area contributed by atoms with Gasteiger partial charge >= 0.3 is 0 Å². The molecule has 1 heterocycles. The van der Waals surface area contributed by atoms with Crippen molar-refractivity contribution in [2.45, 2.75) is 6.61 Å². The van der Waals surface area contributed by atoms with Crippen molar-refractivity contribution in [2.75, 3.05) is 5.73 Å². The van der Waals surface area contributed by atoms with E-state index in [0.29, 0.717) is 5.69 Å². The van der Waals surface area contributed by atoms with Crippen molar-refractivity contribution < 1.29 is 10.2 Å². The fourth-order valence-electron chi connectivity index (χ4n) is 1.28. The minimum absolute atomic E-state index is 0.00418. The largest absolute Gasteiger partial charge is 0.506 e. The van der Waals surface area contributed by atoms with Crippen LogP contribution in [0.15, 0.2) is 17.5 Å². The number of aliphatic hydroxyl groups excluding tert-OH is 1. The summed E-state index contributed by atoms with van der Waals surface area (Å²) in [6.07, 6.45) is 0. The molecule has 4 N–H and O–H groups in total. The van der Waals surface area contributed by atoms with Gasteiger partial charge in [0.2, 0.25) is 0 Å². The van der Waals surface area contributed by atoms with Crippen LogP contribution in [0.5, 0.6) is 5.75 Å².